The summed E-state index contributed by atoms with van der Waals surface area (Å²) in [6, 6.07) is 19.4. The Labute approximate surface area is 146 Å². The molecule has 0 saturated carbocycles. The average molecular weight is 358 g/mol. The summed E-state index contributed by atoms with van der Waals surface area (Å²) in [5, 5.41) is 10.9. The number of anilines is 1. The highest BCUT2D eigenvalue weighted by Gasteiger charge is 2.13. The fourth-order valence-electron chi connectivity index (χ4n) is 2.39. The van der Waals surface area contributed by atoms with Crippen LogP contribution < -0.4 is 14.9 Å². The molecule has 0 heterocycles. The lowest BCUT2D eigenvalue weighted by atomic mass is 10.1. The van der Waals surface area contributed by atoms with Crippen molar-refractivity contribution in [1.29, 1.82) is 0 Å². The van der Waals surface area contributed by atoms with Gasteiger partial charge in [0.1, 0.15) is 12.4 Å². The molecule has 0 aliphatic rings. The van der Waals surface area contributed by atoms with E-state index < -0.39 is 10.0 Å². The summed E-state index contributed by atoms with van der Waals surface area (Å²) < 4.78 is 32.4. The van der Waals surface area contributed by atoms with Crippen LogP contribution in [0, 0.1) is 0 Å². The highest BCUT2D eigenvalue weighted by molar-refractivity contribution is 7.89. The molecule has 0 spiro atoms. The predicted octanol–water partition coefficient (Wildman–Crippen LogP) is 3.00. The van der Waals surface area contributed by atoms with Crippen molar-refractivity contribution >= 4 is 26.5 Å². The minimum Gasteiger partial charge on any atom is -0.492 e. The van der Waals surface area contributed by atoms with E-state index >= 15 is 0 Å². The maximum absolute atomic E-state index is 12.2. The van der Waals surface area contributed by atoms with Crippen molar-refractivity contribution in [1.82, 2.24) is 4.72 Å². The van der Waals surface area contributed by atoms with Crippen LogP contribution in [0.25, 0.3) is 10.8 Å². The summed E-state index contributed by atoms with van der Waals surface area (Å²) in [6.45, 7) is 0.364. The molecule has 0 aliphatic heterocycles. The summed E-state index contributed by atoms with van der Waals surface area (Å²) >= 11 is 0. The second kappa shape index (κ2) is 7.52. The van der Waals surface area contributed by atoms with Crippen LogP contribution in [0.4, 0.5) is 5.69 Å². The van der Waals surface area contributed by atoms with Gasteiger partial charge >= 0.3 is 0 Å². The van der Waals surface area contributed by atoms with Crippen LogP contribution in [0.1, 0.15) is 0 Å². The first-order chi connectivity index (χ1) is 12.1. The van der Waals surface area contributed by atoms with Gasteiger partial charge in [-0.3, -0.25) is 10.7 Å². The Kier molecular flexibility index (Phi) is 5.18. The van der Waals surface area contributed by atoms with E-state index in [2.05, 4.69) is 4.72 Å². The Hall–Kier alpha value is -2.61. The van der Waals surface area contributed by atoms with E-state index in [9.17, 15) is 8.42 Å². The van der Waals surface area contributed by atoms with E-state index in [1.165, 1.54) is 24.3 Å². The number of sulfonamides is 1. The van der Waals surface area contributed by atoms with Gasteiger partial charge in [0, 0.05) is 6.54 Å². The SMILES string of the molecule is O=S(=O)(NCCOc1ccc2ccccc2c1)c1ccc(NO)cc1. The van der Waals surface area contributed by atoms with Crippen molar-refractivity contribution in [2.75, 3.05) is 18.6 Å². The van der Waals surface area contributed by atoms with E-state index in [0.29, 0.717) is 11.4 Å². The number of nitrogens with one attached hydrogen (secondary N) is 2. The molecule has 0 aromatic heterocycles. The van der Waals surface area contributed by atoms with Crippen LogP contribution in [0.15, 0.2) is 71.6 Å². The van der Waals surface area contributed by atoms with E-state index in [1.807, 2.05) is 47.9 Å². The molecule has 130 valence electrons. The normalized spacial score (nSPS) is 11.4. The van der Waals surface area contributed by atoms with Crippen molar-refractivity contribution < 1.29 is 18.4 Å². The first-order valence-electron chi connectivity index (χ1n) is 7.70. The number of rotatable bonds is 7. The molecule has 0 radical (unpaired) electrons. The number of ether oxygens (including phenoxy) is 1. The van der Waals surface area contributed by atoms with Gasteiger partial charge in [-0.25, -0.2) is 13.1 Å². The van der Waals surface area contributed by atoms with Gasteiger partial charge in [0.25, 0.3) is 0 Å². The molecule has 7 heteroatoms. The van der Waals surface area contributed by atoms with Crippen LogP contribution in [-0.2, 0) is 10.0 Å². The second-order valence-electron chi connectivity index (χ2n) is 5.39. The third-order valence-corrected chi connectivity index (χ3v) is 5.15. The molecule has 3 N–H and O–H groups in total. The number of hydrogen-bond donors (Lipinski definition) is 3. The number of fused-ring (bicyclic) bond motifs is 1. The summed E-state index contributed by atoms with van der Waals surface area (Å²) in [5.41, 5.74) is 2.37. The van der Waals surface area contributed by atoms with Crippen molar-refractivity contribution in [2.24, 2.45) is 0 Å². The quantitative estimate of drug-likeness (QED) is 0.446. The van der Waals surface area contributed by atoms with Crippen LogP contribution in [0.3, 0.4) is 0 Å². The molecular weight excluding hydrogens is 340 g/mol. The minimum atomic E-state index is -3.61. The zero-order valence-electron chi connectivity index (χ0n) is 13.3. The molecule has 3 rings (SSSR count). The van der Waals surface area contributed by atoms with Crippen molar-refractivity contribution in [3.05, 3.63) is 66.7 Å². The van der Waals surface area contributed by atoms with Gasteiger partial charge in [0.05, 0.1) is 10.6 Å². The Morgan fingerprint density at radius 2 is 1.64 bits per heavy atom. The van der Waals surface area contributed by atoms with Crippen molar-refractivity contribution in [2.45, 2.75) is 4.90 Å². The van der Waals surface area contributed by atoms with E-state index in [0.717, 1.165) is 10.8 Å². The molecule has 0 unspecified atom stereocenters. The monoisotopic (exact) mass is 358 g/mol. The molecule has 0 amide bonds. The lowest BCUT2D eigenvalue weighted by Gasteiger charge is -2.09. The molecular formula is C18H18N2O4S. The van der Waals surface area contributed by atoms with Gasteiger partial charge in [-0.15, -0.1) is 0 Å². The molecule has 0 saturated heterocycles. The Balaban J connectivity index is 1.56. The zero-order chi connectivity index (χ0) is 17.7. The zero-order valence-corrected chi connectivity index (χ0v) is 14.2. The first kappa shape index (κ1) is 17.2. The molecule has 0 bridgehead atoms. The average Bonchev–Trinajstić information content (AvgIpc) is 2.65. The van der Waals surface area contributed by atoms with Gasteiger partial charge in [-0.05, 0) is 47.2 Å². The van der Waals surface area contributed by atoms with Crippen LogP contribution in [0.5, 0.6) is 5.75 Å². The van der Waals surface area contributed by atoms with Crippen molar-refractivity contribution in [3.8, 4) is 5.75 Å². The van der Waals surface area contributed by atoms with E-state index in [4.69, 9.17) is 9.94 Å². The fourth-order valence-corrected chi connectivity index (χ4v) is 3.41. The summed E-state index contributed by atoms with van der Waals surface area (Å²) in [7, 11) is -3.61. The van der Waals surface area contributed by atoms with Gasteiger partial charge in [0.15, 0.2) is 0 Å². The van der Waals surface area contributed by atoms with Crippen molar-refractivity contribution in [3.63, 3.8) is 0 Å². The van der Waals surface area contributed by atoms with Crippen LogP contribution >= 0.6 is 0 Å². The Bertz CT molecular complexity index is 956. The fraction of sp³-hybridized carbons (Fsp3) is 0.111. The largest absolute Gasteiger partial charge is 0.492 e. The molecule has 0 fully saturated rings. The minimum absolute atomic E-state index is 0.122. The Morgan fingerprint density at radius 1 is 0.920 bits per heavy atom. The number of hydrogen-bond acceptors (Lipinski definition) is 5. The first-order valence-corrected chi connectivity index (χ1v) is 9.18. The number of benzene rings is 3. The maximum Gasteiger partial charge on any atom is 0.240 e. The smallest absolute Gasteiger partial charge is 0.240 e. The van der Waals surface area contributed by atoms with Crippen LogP contribution in [0.2, 0.25) is 0 Å². The molecule has 25 heavy (non-hydrogen) atoms. The lowest BCUT2D eigenvalue weighted by Crippen LogP contribution is -2.28. The Morgan fingerprint density at radius 3 is 2.36 bits per heavy atom. The van der Waals surface area contributed by atoms with Gasteiger partial charge in [0.2, 0.25) is 10.0 Å². The molecule has 6 nitrogen and oxygen atoms in total. The van der Waals surface area contributed by atoms with E-state index in [-0.39, 0.29) is 18.0 Å². The topological polar surface area (TPSA) is 87.7 Å². The molecule has 3 aromatic carbocycles. The molecule has 3 aromatic rings. The third kappa shape index (κ3) is 4.27. The van der Waals surface area contributed by atoms with Gasteiger partial charge in [-0.1, -0.05) is 30.3 Å². The molecule has 0 atom stereocenters. The highest BCUT2D eigenvalue weighted by atomic mass is 32.2. The highest BCUT2D eigenvalue weighted by Crippen LogP contribution is 2.20. The summed E-state index contributed by atoms with van der Waals surface area (Å²) in [4.78, 5) is 0.122. The predicted molar refractivity (Wildman–Crippen MR) is 96.5 cm³/mol. The van der Waals surface area contributed by atoms with Gasteiger partial charge < -0.3 is 4.74 Å². The van der Waals surface area contributed by atoms with Gasteiger partial charge in [-0.2, -0.15) is 0 Å². The van der Waals surface area contributed by atoms with E-state index in [1.54, 1.807) is 0 Å². The summed E-state index contributed by atoms with van der Waals surface area (Å²) in [5.74, 6) is 0.691. The lowest BCUT2D eigenvalue weighted by molar-refractivity contribution is 0.323. The third-order valence-electron chi connectivity index (χ3n) is 3.68. The van der Waals surface area contributed by atoms with Crippen LogP contribution in [-0.4, -0.2) is 26.8 Å². The second-order valence-corrected chi connectivity index (χ2v) is 7.16. The maximum atomic E-state index is 12.2. The molecule has 0 aliphatic carbocycles. The standard InChI is InChI=1S/C18H18N2O4S/c21-20-16-6-9-18(10-7-16)25(22,23)19-11-12-24-17-8-5-14-3-1-2-4-15(14)13-17/h1-10,13,19-21H,11-12H2. The summed E-state index contributed by atoms with van der Waals surface area (Å²) in [6.07, 6.45) is 0.